The van der Waals surface area contributed by atoms with Crippen molar-refractivity contribution in [1.82, 2.24) is 0 Å². The molecular formula is C18H14O6. The zero-order valence-corrected chi connectivity index (χ0v) is 12.6. The van der Waals surface area contributed by atoms with Gasteiger partial charge >= 0.3 is 5.97 Å². The molecule has 0 unspecified atom stereocenters. The smallest absolute Gasteiger partial charge is 0.303 e. The molecule has 2 aromatic carbocycles. The van der Waals surface area contributed by atoms with Gasteiger partial charge in [0.25, 0.3) is 0 Å². The summed E-state index contributed by atoms with van der Waals surface area (Å²) in [5.41, 5.74) is 0.452. The second-order valence-corrected chi connectivity index (χ2v) is 5.38. The van der Waals surface area contributed by atoms with Crippen LogP contribution in [-0.2, 0) is 4.79 Å². The molecule has 0 aliphatic heterocycles. The summed E-state index contributed by atoms with van der Waals surface area (Å²) >= 11 is 0. The third-order valence-electron chi connectivity index (χ3n) is 3.81. The van der Waals surface area contributed by atoms with Crippen LogP contribution in [0.25, 0.3) is 0 Å². The van der Waals surface area contributed by atoms with Crippen LogP contribution in [0.1, 0.15) is 44.7 Å². The molecule has 0 amide bonds. The summed E-state index contributed by atoms with van der Waals surface area (Å²) in [6.07, 6.45) is 0.208. The largest absolute Gasteiger partial charge is 0.507 e. The molecule has 0 fully saturated rings. The van der Waals surface area contributed by atoms with Gasteiger partial charge in [-0.1, -0.05) is 24.3 Å². The average molecular weight is 326 g/mol. The first-order valence-corrected chi connectivity index (χ1v) is 7.39. The monoisotopic (exact) mass is 326 g/mol. The Morgan fingerprint density at radius 1 is 0.958 bits per heavy atom. The Kier molecular flexibility index (Phi) is 4.04. The molecule has 1 aliphatic carbocycles. The molecule has 0 spiro atoms. The SMILES string of the molecule is O=C(O)CCCOc1ccc(O)c2c1C(=O)c1ccccc1C2=O. The highest BCUT2D eigenvalue weighted by molar-refractivity contribution is 6.30. The minimum absolute atomic E-state index is 0.0222. The van der Waals surface area contributed by atoms with Crippen LogP contribution in [-0.4, -0.2) is 34.4 Å². The molecule has 2 aromatic rings. The minimum Gasteiger partial charge on any atom is -0.507 e. The first-order chi connectivity index (χ1) is 11.5. The fourth-order valence-electron chi connectivity index (χ4n) is 2.70. The number of ether oxygens (including phenoxy) is 1. The van der Waals surface area contributed by atoms with Gasteiger partial charge in [-0.05, 0) is 18.6 Å². The number of aliphatic carboxylic acids is 1. The van der Waals surface area contributed by atoms with Crippen molar-refractivity contribution in [1.29, 1.82) is 0 Å². The van der Waals surface area contributed by atoms with Crippen LogP contribution in [0.15, 0.2) is 36.4 Å². The number of phenols is 1. The molecule has 24 heavy (non-hydrogen) atoms. The maximum absolute atomic E-state index is 12.7. The quantitative estimate of drug-likeness (QED) is 0.698. The first kappa shape index (κ1) is 15.7. The van der Waals surface area contributed by atoms with Crippen LogP contribution in [0.2, 0.25) is 0 Å². The number of hydrogen-bond acceptors (Lipinski definition) is 5. The predicted octanol–water partition coefficient (Wildman–Crippen LogP) is 2.41. The lowest BCUT2D eigenvalue weighted by molar-refractivity contribution is -0.137. The number of aromatic hydroxyl groups is 1. The lowest BCUT2D eigenvalue weighted by Gasteiger charge is -2.21. The predicted molar refractivity (Wildman–Crippen MR) is 83.8 cm³/mol. The van der Waals surface area contributed by atoms with Gasteiger partial charge in [0.2, 0.25) is 0 Å². The highest BCUT2D eigenvalue weighted by atomic mass is 16.5. The number of ketones is 2. The Hall–Kier alpha value is -3.15. The van der Waals surface area contributed by atoms with Gasteiger partial charge in [0.05, 0.1) is 17.7 Å². The highest BCUT2D eigenvalue weighted by Crippen LogP contribution is 2.38. The number of phenolic OH excluding ortho intramolecular Hbond substituents is 1. The van der Waals surface area contributed by atoms with Gasteiger partial charge in [-0.3, -0.25) is 14.4 Å². The van der Waals surface area contributed by atoms with Crippen molar-refractivity contribution in [3.05, 3.63) is 58.7 Å². The third-order valence-corrected chi connectivity index (χ3v) is 3.81. The summed E-state index contributed by atoms with van der Waals surface area (Å²) in [4.78, 5) is 35.9. The Labute approximate surface area is 137 Å². The Bertz CT molecular complexity index is 853. The Morgan fingerprint density at radius 2 is 1.58 bits per heavy atom. The van der Waals surface area contributed by atoms with Gasteiger partial charge in [0, 0.05) is 17.5 Å². The maximum atomic E-state index is 12.7. The number of carboxylic acids is 1. The van der Waals surface area contributed by atoms with E-state index in [4.69, 9.17) is 9.84 Å². The molecule has 3 rings (SSSR count). The molecule has 6 nitrogen and oxygen atoms in total. The van der Waals surface area contributed by atoms with Gasteiger partial charge in [-0.2, -0.15) is 0 Å². The zero-order chi connectivity index (χ0) is 17.3. The topological polar surface area (TPSA) is 101 Å². The lowest BCUT2D eigenvalue weighted by Crippen LogP contribution is -2.22. The van der Waals surface area contributed by atoms with Gasteiger partial charge < -0.3 is 14.9 Å². The van der Waals surface area contributed by atoms with E-state index in [9.17, 15) is 19.5 Å². The third kappa shape index (κ3) is 2.62. The van der Waals surface area contributed by atoms with Gasteiger partial charge in [-0.15, -0.1) is 0 Å². The number of rotatable bonds is 5. The molecular weight excluding hydrogens is 312 g/mol. The van der Waals surface area contributed by atoms with Crippen LogP contribution >= 0.6 is 0 Å². The number of fused-ring (bicyclic) bond motifs is 2. The van der Waals surface area contributed by atoms with Crippen molar-refractivity contribution >= 4 is 17.5 Å². The molecule has 0 saturated heterocycles. The van der Waals surface area contributed by atoms with E-state index < -0.39 is 17.5 Å². The second-order valence-electron chi connectivity index (χ2n) is 5.38. The van der Waals surface area contributed by atoms with E-state index in [1.165, 1.54) is 12.1 Å². The van der Waals surface area contributed by atoms with Crippen molar-refractivity contribution < 1.29 is 29.3 Å². The first-order valence-electron chi connectivity index (χ1n) is 7.39. The second kappa shape index (κ2) is 6.16. The molecule has 0 atom stereocenters. The molecule has 1 aliphatic rings. The summed E-state index contributed by atoms with van der Waals surface area (Å²) in [6, 6.07) is 9.11. The Balaban J connectivity index is 1.99. The summed E-state index contributed by atoms with van der Waals surface area (Å²) in [5, 5.41) is 18.7. The van der Waals surface area contributed by atoms with E-state index >= 15 is 0 Å². The van der Waals surface area contributed by atoms with Crippen LogP contribution in [0, 0.1) is 0 Å². The maximum Gasteiger partial charge on any atom is 0.303 e. The Morgan fingerprint density at radius 3 is 2.21 bits per heavy atom. The molecule has 0 aromatic heterocycles. The molecule has 0 bridgehead atoms. The van der Waals surface area contributed by atoms with E-state index in [1.807, 2.05) is 0 Å². The fraction of sp³-hybridized carbons (Fsp3) is 0.167. The fourth-order valence-corrected chi connectivity index (χ4v) is 2.70. The van der Waals surface area contributed by atoms with Gasteiger partial charge in [0.1, 0.15) is 11.5 Å². The normalized spacial score (nSPS) is 12.5. The summed E-state index contributed by atoms with van der Waals surface area (Å²) in [5.74, 6) is -1.89. The van der Waals surface area contributed by atoms with E-state index in [-0.39, 0.29) is 53.2 Å². The standard InChI is InChI=1S/C18H14O6/c19-12-7-8-13(24-9-3-6-14(20)21)16-15(12)17(22)10-4-1-2-5-11(10)18(16)23/h1-2,4-5,7-8,19H,3,6,9H2,(H,20,21). The molecule has 0 saturated carbocycles. The van der Waals surface area contributed by atoms with E-state index in [2.05, 4.69) is 0 Å². The van der Waals surface area contributed by atoms with E-state index in [0.29, 0.717) is 0 Å². The van der Waals surface area contributed by atoms with Crippen molar-refractivity contribution in [3.8, 4) is 11.5 Å². The van der Waals surface area contributed by atoms with Crippen molar-refractivity contribution in [2.75, 3.05) is 6.61 Å². The van der Waals surface area contributed by atoms with Gasteiger partial charge in [0.15, 0.2) is 11.6 Å². The number of benzene rings is 2. The molecule has 0 radical (unpaired) electrons. The average Bonchev–Trinajstić information content (AvgIpc) is 2.57. The van der Waals surface area contributed by atoms with Crippen LogP contribution < -0.4 is 4.74 Å². The number of carbonyl (C=O) groups excluding carboxylic acids is 2. The van der Waals surface area contributed by atoms with Crippen molar-refractivity contribution in [2.24, 2.45) is 0 Å². The molecule has 0 heterocycles. The number of hydrogen-bond donors (Lipinski definition) is 2. The van der Waals surface area contributed by atoms with Crippen LogP contribution in [0.3, 0.4) is 0 Å². The van der Waals surface area contributed by atoms with Gasteiger partial charge in [-0.25, -0.2) is 0 Å². The van der Waals surface area contributed by atoms with Crippen molar-refractivity contribution in [2.45, 2.75) is 12.8 Å². The highest BCUT2D eigenvalue weighted by Gasteiger charge is 2.34. The molecule has 6 heteroatoms. The van der Waals surface area contributed by atoms with Crippen LogP contribution in [0.5, 0.6) is 11.5 Å². The lowest BCUT2D eigenvalue weighted by atomic mass is 9.83. The summed E-state index contributed by atoms with van der Waals surface area (Å²) < 4.78 is 5.50. The van der Waals surface area contributed by atoms with E-state index in [1.54, 1.807) is 24.3 Å². The minimum atomic E-state index is -0.938. The van der Waals surface area contributed by atoms with Crippen molar-refractivity contribution in [3.63, 3.8) is 0 Å². The summed E-state index contributed by atoms with van der Waals surface area (Å²) in [7, 11) is 0. The number of carboxylic acid groups (broad SMARTS) is 1. The summed E-state index contributed by atoms with van der Waals surface area (Å²) in [6.45, 7) is 0.0899. The number of carbonyl (C=O) groups is 3. The van der Waals surface area contributed by atoms with E-state index in [0.717, 1.165) is 0 Å². The zero-order valence-electron chi connectivity index (χ0n) is 12.6. The molecule has 2 N–H and O–H groups in total. The van der Waals surface area contributed by atoms with Crippen LogP contribution in [0.4, 0.5) is 0 Å². The molecule has 122 valence electrons.